The molecule has 1 aromatic carbocycles. The van der Waals surface area contributed by atoms with Crippen LogP contribution in [0.2, 0.25) is 0 Å². The van der Waals surface area contributed by atoms with Crippen LogP contribution in [0.5, 0.6) is 0 Å². The molecule has 3 nitrogen and oxygen atoms in total. The Labute approximate surface area is 121 Å². The topological polar surface area (TPSA) is 32.7 Å². The number of benzene rings is 1. The average molecular weight is 283 g/mol. The molecule has 0 amide bonds. The van der Waals surface area contributed by atoms with Gasteiger partial charge in [0, 0.05) is 12.6 Å². The monoisotopic (exact) mass is 283 g/mol. The third kappa shape index (κ3) is 5.99. The Morgan fingerprint density at radius 2 is 1.80 bits per heavy atom. The third-order valence-corrected chi connectivity index (χ3v) is 3.22. The smallest absolute Gasteiger partial charge is 0.123 e. The Bertz CT molecular complexity index is 400. The first-order valence-corrected chi connectivity index (χ1v) is 6.97. The molecule has 0 saturated carbocycles. The van der Waals surface area contributed by atoms with Gasteiger partial charge < -0.3 is 9.84 Å². The quantitative estimate of drug-likeness (QED) is 0.871. The first-order chi connectivity index (χ1) is 9.19. The molecule has 2 atom stereocenters. The van der Waals surface area contributed by atoms with Gasteiger partial charge in [-0.1, -0.05) is 12.1 Å². The second kappa shape index (κ2) is 7.16. The van der Waals surface area contributed by atoms with Crippen molar-refractivity contribution in [2.24, 2.45) is 0 Å². The van der Waals surface area contributed by atoms with Gasteiger partial charge in [-0.25, -0.2) is 4.39 Å². The lowest BCUT2D eigenvalue weighted by Crippen LogP contribution is -2.36. The molecule has 20 heavy (non-hydrogen) atoms. The highest BCUT2D eigenvalue weighted by atomic mass is 19.1. The fourth-order valence-electron chi connectivity index (χ4n) is 1.89. The van der Waals surface area contributed by atoms with E-state index in [-0.39, 0.29) is 17.5 Å². The van der Waals surface area contributed by atoms with Crippen molar-refractivity contribution < 1.29 is 14.2 Å². The van der Waals surface area contributed by atoms with E-state index in [0.717, 1.165) is 5.56 Å². The summed E-state index contributed by atoms with van der Waals surface area (Å²) in [5.41, 5.74) is 0.778. The van der Waals surface area contributed by atoms with Gasteiger partial charge in [-0.2, -0.15) is 0 Å². The van der Waals surface area contributed by atoms with Crippen molar-refractivity contribution in [2.45, 2.75) is 45.4 Å². The van der Waals surface area contributed by atoms with Crippen molar-refractivity contribution >= 4 is 0 Å². The van der Waals surface area contributed by atoms with Crippen LogP contribution in [0.4, 0.5) is 4.39 Å². The number of hydrogen-bond acceptors (Lipinski definition) is 3. The highest BCUT2D eigenvalue weighted by Crippen LogP contribution is 2.19. The van der Waals surface area contributed by atoms with Crippen LogP contribution < -0.4 is 0 Å². The summed E-state index contributed by atoms with van der Waals surface area (Å²) >= 11 is 0. The molecule has 4 heteroatoms. The van der Waals surface area contributed by atoms with E-state index in [0.29, 0.717) is 13.2 Å². The number of aliphatic hydroxyl groups is 1. The zero-order valence-electron chi connectivity index (χ0n) is 13.1. The third-order valence-electron chi connectivity index (χ3n) is 3.22. The maximum atomic E-state index is 12.9. The molecule has 0 radical (unpaired) electrons. The van der Waals surface area contributed by atoms with Crippen LogP contribution in [0.1, 0.15) is 39.3 Å². The van der Waals surface area contributed by atoms with Gasteiger partial charge in [0.2, 0.25) is 0 Å². The molecule has 1 N–H and O–H groups in total. The van der Waals surface area contributed by atoms with E-state index >= 15 is 0 Å². The number of nitrogens with zero attached hydrogens (tertiary/aromatic N) is 1. The van der Waals surface area contributed by atoms with Gasteiger partial charge in [0.15, 0.2) is 0 Å². The summed E-state index contributed by atoms with van der Waals surface area (Å²) in [6.07, 6.45) is -0.540. The number of halogens is 1. The summed E-state index contributed by atoms with van der Waals surface area (Å²) in [6, 6.07) is 6.57. The van der Waals surface area contributed by atoms with Crippen molar-refractivity contribution in [1.82, 2.24) is 4.90 Å². The largest absolute Gasteiger partial charge is 0.389 e. The molecule has 0 aliphatic heterocycles. The van der Waals surface area contributed by atoms with Crippen LogP contribution >= 0.6 is 0 Å². The number of ether oxygens (including phenoxy) is 1. The molecule has 2 unspecified atom stereocenters. The zero-order chi connectivity index (χ0) is 15.3. The molecule has 0 aliphatic rings. The molecular weight excluding hydrogens is 257 g/mol. The van der Waals surface area contributed by atoms with Gasteiger partial charge >= 0.3 is 0 Å². The number of aliphatic hydroxyl groups excluding tert-OH is 1. The molecule has 0 saturated heterocycles. The molecule has 0 spiro atoms. The van der Waals surface area contributed by atoms with E-state index < -0.39 is 6.10 Å². The fourth-order valence-corrected chi connectivity index (χ4v) is 1.89. The molecule has 0 heterocycles. The van der Waals surface area contributed by atoms with E-state index in [2.05, 4.69) is 0 Å². The summed E-state index contributed by atoms with van der Waals surface area (Å²) in [5.74, 6) is -0.234. The second-order valence-electron chi connectivity index (χ2n) is 6.24. The number of likely N-dealkylation sites (N-methyl/N-ethyl adjacent to an activating group) is 1. The first-order valence-electron chi connectivity index (χ1n) is 6.97. The van der Waals surface area contributed by atoms with Gasteiger partial charge in [0.25, 0.3) is 0 Å². The predicted octanol–water partition coefficient (Wildman–Crippen LogP) is 2.99. The Kier molecular flexibility index (Phi) is 6.11. The number of hydrogen-bond donors (Lipinski definition) is 1. The maximum Gasteiger partial charge on any atom is 0.123 e. The Balaban J connectivity index is 2.48. The van der Waals surface area contributed by atoms with Crippen molar-refractivity contribution in [3.8, 4) is 0 Å². The van der Waals surface area contributed by atoms with Crippen molar-refractivity contribution in [3.63, 3.8) is 0 Å². The highest BCUT2D eigenvalue weighted by molar-refractivity contribution is 5.19. The normalized spacial score (nSPS) is 15.4. The van der Waals surface area contributed by atoms with Crippen molar-refractivity contribution in [2.75, 3.05) is 20.2 Å². The average Bonchev–Trinajstić information content (AvgIpc) is 2.35. The number of rotatable bonds is 6. The van der Waals surface area contributed by atoms with Crippen LogP contribution in [0.15, 0.2) is 24.3 Å². The van der Waals surface area contributed by atoms with E-state index in [1.807, 2.05) is 39.6 Å². The summed E-state index contributed by atoms with van der Waals surface area (Å²) in [7, 11) is 1.94. The lowest BCUT2D eigenvalue weighted by atomic mass is 10.1. The van der Waals surface area contributed by atoms with Gasteiger partial charge in [0.1, 0.15) is 5.82 Å². The SMILES string of the molecule is CC(c1ccc(F)cc1)N(C)CC(O)COC(C)(C)C. The highest BCUT2D eigenvalue weighted by Gasteiger charge is 2.18. The van der Waals surface area contributed by atoms with Crippen LogP contribution in [0.3, 0.4) is 0 Å². The Morgan fingerprint density at radius 1 is 1.25 bits per heavy atom. The first kappa shape index (κ1) is 17.1. The van der Waals surface area contributed by atoms with Gasteiger partial charge in [-0.05, 0) is 52.4 Å². The molecule has 0 aliphatic carbocycles. The predicted molar refractivity (Wildman–Crippen MR) is 79.2 cm³/mol. The second-order valence-corrected chi connectivity index (χ2v) is 6.24. The standard InChI is InChI=1S/C16H26FNO2/c1-12(13-6-8-14(17)9-7-13)18(5)10-15(19)11-20-16(2,3)4/h6-9,12,15,19H,10-11H2,1-5H3. The molecule has 1 rings (SSSR count). The summed E-state index contributed by atoms with van der Waals surface area (Å²) < 4.78 is 18.5. The molecule has 0 bridgehead atoms. The van der Waals surface area contributed by atoms with Crippen LogP contribution in [0, 0.1) is 5.82 Å². The zero-order valence-corrected chi connectivity index (χ0v) is 13.1. The van der Waals surface area contributed by atoms with Crippen molar-refractivity contribution in [3.05, 3.63) is 35.6 Å². The lowest BCUT2D eigenvalue weighted by molar-refractivity contribution is -0.0566. The van der Waals surface area contributed by atoms with Crippen LogP contribution in [0.25, 0.3) is 0 Å². The minimum atomic E-state index is -0.540. The maximum absolute atomic E-state index is 12.9. The van der Waals surface area contributed by atoms with Gasteiger partial charge in [-0.15, -0.1) is 0 Å². The van der Waals surface area contributed by atoms with Crippen LogP contribution in [-0.2, 0) is 4.74 Å². The molecule has 114 valence electrons. The fraction of sp³-hybridized carbons (Fsp3) is 0.625. The molecule has 1 aromatic rings. The van der Waals surface area contributed by atoms with Crippen LogP contribution in [-0.4, -0.2) is 41.9 Å². The van der Waals surface area contributed by atoms with Gasteiger partial charge in [0.05, 0.1) is 18.3 Å². The molecular formula is C16H26FNO2. The van der Waals surface area contributed by atoms with E-state index in [4.69, 9.17) is 4.74 Å². The molecule has 0 aromatic heterocycles. The van der Waals surface area contributed by atoms with Gasteiger partial charge in [-0.3, -0.25) is 4.90 Å². The van der Waals surface area contributed by atoms with E-state index in [9.17, 15) is 9.50 Å². The Morgan fingerprint density at radius 3 is 2.30 bits per heavy atom. The summed E-state index contributed by atoms with van der Waals surface area (Å²) in [6.45, 7) is 8.74. The van der Waals surface area contributed by atoms with E-state index in [1.165, 1.54) is 12.1 Å². The lowest BCUT2D eigenvalue weighted by Gasteiger charge is -2.29. The Hall–Kier alpha value is -0.970. The van der Waals surface area contributed by atoms with Crippen molar-refractivity contribution in [1.29, 1.82) is 0 Å². The van der Waals surface area contributed by atoms with E-state index in [1.54, 1.807) is 12.1 Å². The minimum Gasteiger partial charge on any atom is -0.389 e. The molecule has 0 fully saturated rings. The minimum absolute atomic E-state index is 0.111. The summed E-state index contributed by atoms with van der Waals surface area (Å²) in [4.78, 5) is 2.03. The summed E-state index contributed by atoms with van der Waals surface area (Å²) in [5, 5.41) is 10.00.